The van der Waals surface area contributed by atoms with Crippen LogP contribution in [0.2, 0.25) is 0 Å². The highest BCUT2D eigenvalue weighted by Crippen LogP contribution is 2.43. The van der Waals surface area contributed by atoms with Crippen molar-refractivity contribution in [2.24, 2.45) is 11.1 Å². The van der Waals surface area contributed by atoms with Gasteiger partial charge >= 0.3 is 0 Å². The second kappa shape index (κ2) is 5.32. The Morgan fingerprint density at radius 3 is 2.62 bits per heavy atom. The van der Waals surface area contributed by atoms with Gasteiger partial charge in [0.25, 0.3) is 0 Å². The molecule has 0 saturated heterocycles. The molecule has 2 aliphatic rings. The van der Waals surface area contributed by atoms with E-state index in [1.165, 1.54) is 56.4 Å². The van der Waals surface area contributed by atoms with Crippen molar-refractivity contribution in [2.45, 2.75) is 63.7 Å². The molecular weight excluding hydrogens is 282 g/mol. The lowest BCUT2D eigenvalue weighted by Crippen LogP contribution is -2.39. The second-order valence-corrected chi connectivity index (χ2v) is 7.86. The van der Waals surface area contributed by atoms with Crippen molar-refractivity contribution in [3.8, 4) is 0 Å². The summed E-state index contributed by atoms with van der Waals surface area (Å²) in [6, 6.07) is 0. The maximum absolute atomic E-state index is 5.98. The highest BCUT2D eigenvalue weighted by molar-refractivity contribution is 7.16. The van der Waals surface area contributed by atoms with E-state index in [4.69, 9.17) is 10.8 Å². The molecule has 0 amide bonds. The van der Waals surface area contributed by atoms with E-state index >= 15 is 0 Å². The van der Waals surface area contributed by atoms with Crippen LogP contribution in [0.15, 0.2) is 0 Å². The van der Waals surface area contributed by atoms with Crippen molar-refractivity contribution in [1.82, 2.24) is 19.8 Å². The molecule has 2 N–H and O–H groups in total. The van der Waals surface area contributed by atoms with Gasteiger partial charge < -0.3 is 5.73 Å². The molecule has 0 radical (unpaired) electrons. The van der Waals surface area contributed by atoms with Crippen LogP contribution in [-0.2, 0) is 6.42 Å². The minimum absolute atomic E-state index is 0.314. The Balaban J connectivity index is 1.59. The molecule has 0 bridgehead atoms. The highest BCUT2D eigenvalue weighted by Gasteiger charge is 2.37. The molecule has 0 aromatic carbocycles. The van der Waals surface area contributed by atoms with Gasteiger partial charge in [-0.3, -0.25) is 0 Å². The normalized spacial score (nSPS) is 22.5. The molecule has 2 saturated carbocycles. The van der Waals surface area contributed by atoms with E-state index in [0.717, 1.165) is 23.8 Å². The molecule has 0 atom stereocenters. The van der Waals surface area contributed by atoms with Crippen LogP contribution >= 0.6 is 11.3 Å². The van der Waals surface area contributed by atoms with Gasteiger partial charge in [0.1, 0.15) is 5.01 Å². The second-order valence-electron chi connectivity index (χ2n) is 6.82. The first-order valence-corrected chi connectivity index (χ1v) is 9.02. The third-order valence-electron chi connectivity index (χ3n) is 5.40. The Kier molecular flexibility index (Phi) is 3.46. The Morgan fingerprint density at radius 2 is 1.95 bits per heavy atom. The molecule has 0 unspecified atom stereocenters. The number of nitrogens with zero attached hydrogens (tertiary/aromatic N) is 4. The minimum atomic E-state index is 0.314. The monoisotopic (exact) mass is 305 g/mol. The van der Waals surface area contributed by atoms with Gasteiger partial charge in [-0.15, -0.1) is 10.2 Å². The van der Waals surface area contributed by atoms with E-state index in [1.54, 1.807) is 11.3 Å². The molecule has 6 heteroatoms. The van der Waals surface area contributed by atoms with Gasteiger partial charge in [-0.2, -0.15) is 9.61 Å². The quantitative estimate of drug-likeness (QED) is 0.943. The van der Waals surface area contributed by atoms with Crippen LogP contribution in [0.1, 0.15) is 68.1 Å². The van der Waals surface area contributed by atoms with Crippen LogP contribution in [-0.4, -0.2) is 26.4 Å². The van der Waals surface area contributed by atoms with Crippen molar-refractivity contribution in [3.05, 3.63) is 10.8 Å². The maximum Gasteiger partial charge on any atom is 0.234 e. The standard InChI is InChI=1S/C15H23N5S/c16-10-15(7-4-8-15)9-12-19-20-13(17-18-14(20)21-12)11-5-2-1-3-6-11/h11H,1-10,16H2. The molecule has 114 valence electrons. The van der Waals surface area contributed by atoms with Crippen LogP contribution in [0.3, 0.4) is 0 Å². The van der Waals surface area contributed by atoms with E-state index in [0.29, 0.717) is 11.3 Å². The molecule has 4 rings (SSSR count). The first-order chi connectivity index (χ1) is 10.3. The largest absolute Gasteiger partial charge is 0.330 e. The molecule has 21 heavy (non-hydrogen) atoms. The van der Waals surface area contributed by atoms with E-state index in [9.17, 15) is 0 Å². The highest BCUT2D eigenvalue weighted by atomic mass is 32.1. The molecule has 2 heterocycles. The summed E-state index contributed by atoms with van der Waals surface area (Å²) in [4.78, 5) is 0.956. The van der Waals surface area contributed by atoms with Crippen LogP contribution in [0, 0.1) is 5.41 Å². The van der Waals surface area contributed by atoms with Crippen LogP contribution in [0.4, 0.5) is 0 Å². The average molecular weight is 305 g/mol. The van der Waals surface area contributed by atoms with Crippen LogP contribution in [0.25, 0.3) is 4.96 Å². The zero-order valence-corrected chi connectivity index (χ0v) is 13.2. The molecule has 2 aliphatic carbocycles. The van der Waals surface area contributed by atoms with E-state index in [1.807, 2.05) is 4.52 Å². The number of rotatable bonds is 4. The third-order valence-corrected chi connectivity index (χ3v) is 6.30. The lowest BCUT2D eigenvalue weighted by molar-refractivity contribution is 0.144. The summed E-state index contributed by atoms with van der Waals surface area (Å²) < 4.78 is 2.01. The molecule has 2 aromatic heterocycles. The number of fused-ring (bicyclic) bond motifs is 1. The Bertz CT molecular complexity index is 616. The SMILES string of the molecule is NCC1(Cc2nn3c(C4CCCCC4)nnc3s2)CCC1. The van der Waals surface area contributed by atoms with Crippen molar-refractivity contribution in [3.63, 3.8) is 0 Å². The van der Waals surface area contributed by atoms with Crippen molar-refractivity contribution in [2.75, 3.05) is 6.54 Å². The molecule has 5 nitrogen and oxygen atoms in total. The number of hydrogen-bond acceptors (Lipinski definition) is 5. The lowest BCUT2D eigenvalue weighted by atomic mass is 9.67. The topological polar surface area (TPSA) is 69.1 Å². The van der Waals surface area contributed by atoms with Gasteiger partial charge in [-0.25, -0.2) is 0 Å². The number of aromatic nitrogens is 4. The summed E-state index contributed by atoms with van der Waals surface area (Å²) in [6.45, 7) is 0.780. The Morgan fingerprint density at radius 1 is 1.14 bits per heavy atom. The predicted molar refractivity (Wildman–Crippen MR) is 83.5 cm³/mol. The van der Waals surface area contributed by atoms with Gasteiger partial charge in [-0.1, -0.05) is 37.0 Å². The summed E-state index contributed by atoms with van der Waals surface area (Å²) in [5.74, 6) is 1.64. The summed E-state index contributed by atoms with van der Waals surface area (Å²) in [7, 11) is 0. The van der Waals surface area contributed by atoms with E-state index < -0.39 is 0 Å². The summed E-state index contributed by atoms with van der Waals surface area (Å²) in [6.07, 6.45) is 11.3. The zero-order chi connectivity index (χ0) is 14.3. The van der Waals surface area contributed by atoms with Crippen molar-refractivity contribution in [1.29, 1.82) is 0 Å². The van der Waals surface area contributed by atoms with E-state index in [-0.39, 0.29) is 0 Å². The van der Waals surface area contributed by atoms with Gasteiger partial charge in [0.15, 0.2) is 5.82 Å². The maximum atomic E-state index is 5.98. The minimum Gasteiger partial charge on any atom is -0.330 e. The predicted octanol–water partition coefficient (Wildman–Crippen LogP) is 2.91. The fourth-order valence-electron chi connectivity index (χ4n) is 3.81. The molecule has 2 fully saturated rings. The number of hydrogen-bond donors (Lipinski definition) is 1. The van der Waals surface area contributed by atoms with Crippen molar-refractivity contribution >= 4 is 16.3 Å². The average Bonchev–Trinajstić information content (AvgIpc) is 3.03. The van der Waals surface area contributed by atoms with Crippen LogP contribution < -0.4 is 5.73 Å². The first kappa shape index (κ1) is 13.6. The zero-order valence-electron chi connectivity index (χ0n) is 12.4. The van der Waals surface area contributed by atoms with Gasteiger partial charge in [-0.05, 0) is 37.6 Å². The van der Waals surface area contributed by atoms with Crippen LogP contribution in [0.5, 0.6) is 0 Å². The Labute approximate surface area is 128 Å². The van der Waals surface area contributed by atoms with Gasteiger partial charge in [0.05, 0.1) is 0 Å². The molecular formula is C15H23N5S. The molecule has 0 aliphatic heterocycles. The van der Waals surface area contributed by atoms with Crippen molar-refractivity contribution < 1.29 is 0 Å². The fraction of sp³-hybridized carbons (Fsp3) is 0.800. The van der Waals surface area contributed by atoms with Gasteiger partial charge in [0, 0.05) is 12.3 Å². The summed E-state index contributed by atoms with van der Waals surface area (Å²) >= 11 is 1.70. The summed E-state index contributed by atoms with van der Waals surface area (Å²) in [5.41, 5.74) is 6.29. The van der Waals surface area contributed by atoms with E-state index in [2.05, 4.69) is 10.2 Å². The fourth-order valence-corrected chi connectivity index (χ4v) is 4.82. The number of nitrogens with two attached hydrogens (primary N) is 1. The summed E-state index contributed by atoms with van der Waals surface area (Å²) in [5, 5.41) is 14.8. The smallest absolute Gasteiger partial charge is 0.234 e. The lowest BCUT2D eigenvalue weighted by Gasteiger charge is -2.40. The Hall–Kier alpha value is -1.01. The third kappa shape index (κ3) is 2.38. The van der Waals surface area contributed by atoms with Gasteiger partial charge in [0.2, 0.25) is 4.96 Å². The molecule has 0 spiro atoms. The molecule has 2 aromatic rings. The first-order valence-electron chi connectivity index (χ1n) is 8.21.